The SMILES string of the molecule is C=CCCCCCCCCC(=O)OCC[N+](C)(CCOC(=O)CCCCCCCCC=C)C(CC)S(=O)(=O)O. The van der Waals surface area contributed by atoms with E-state index in [-0.39, 0.29) is 49.1 Å². The average molecular weight is 575 g/mol. The maximum absolute atomic E-state index is 12.2. The maximum atomic E-state index is 12.2. The summed E-state index contributed by atoms with van der Waals surface area (Å²) in [5.41, 5.74) is 0. The van der Waals surface area contributed by atoms with E-state index in [1.807, 2.05) is 12.2 Å². The number of hydrogen-bond donors (Lipinski definition) is 1. The molecule has 0 aromatic carbocycles. The minimum absolute atomic E-state index is 0.0314. The van der Waals surface area contributed by atoms with Crippen molar-refractivity contribution in [2.75, 3.05) is 33.4 Å². The van der Waals surface area contributed by atoms with Crippen molar-refractivity contribution in [3.8, 4) is 0 Å². The second-order valence-electron chi connectivity index (χ2n) is 10.6. The highest BCUT2D eigenvalue weighted by atomic mass is 32.2. The molecule has 0 bridgehead atoms. The van der Waals surface area contributed by atoms with Gasteiger partial charge in [0.1, 0.15) is 26.3 Å². The van der Waals surface area contributed by atoms with E-state index in [2.05, 4.69) is 13.2 Å². The third-order valence-corrected chi connectivity index (χ3v) is 8.73. The van der Waals surface area contributed by atoms with Gasteiger partial charge < -0.3 is 14.0 Å². The van der Waals surface area contributed by atoms with Gasteiger partial charge in [0.25, 0.3) is 0 Å². The molecule has 0 heterocycles. The molecule has 1 atom stereocenters. The first-order valence-electron chi connectivity index (χ1n) is 14.9. The highest BCUT2D eigenvalue weighted by Gasteiger charge is 2.40. The Morgan fingerprint density at radius 1 is 0.744 bits per heavy atom. The molecule has 228 valence electrons. The van der Waals surface area contributed by atoms with Crippen LogP contribution >= 0.6 is 0 Å². The first kappa shape index (κ1) is 37.3. The molecule has 39 heavy (non-hydrogen) atoms. The zero-order valence-electron chi connectivity index (χ0n) is 24.7. The van der Waals surface area contributed by atoms with E-state index < -0.39 is 15.5 Å². The van der Waals surface area contributed by atoms with Gasteiger partial charge in [-0.2, -0.15) is 8.42 Å². The summed E-state index contributed by atoms with van der Waals surface area (Å²) in [6.45, 7) is 9.57. The monoisotopic (exact) mass is 574 g/mol. The minimum Gasteiger partial charge on any atom is -0.460 e. The zero-order chi connectivity index (χ0) is 29.4. The van der Waals surface area contributed by atoms with Crippen molar-refractivity contribution >= 4 is 22.1 Å². The van der Waals surface area contributed by atoms with Gasteiger partial charge in [0, 0.05) is 19.3 Å². The highest BCUT2D eigenvalue weighted by Crippen LogP contribution is 2.19. The Bertz CT molecular complexity index is 740. The minimum atomic E-state index is -4.35. The number of unbranched alkanes of at least 4 members (excludes halogenated alkanes) is 12. The number of likely N-dealkylation sites (N-methyl/N-ethyl adjacent to an activating group) is 1. The van der Waals surface area contributed by atoms with Crippen LogP contribution < -0.4 is 0 Å². The lowest BCUT2D eigenvalue weighted by Crippen LogP contribution is -2.58. The molecule has 0 amide bonds. The number of carbonyl (C=O) groups excluding carboxylic acids is 2. The van der Waals surface area contributed by atoms with Gasteiger partial charge in [-0.25, -0.2) is 0 Å². The lowest BCUT2D eigenvalue weighted by Gasteiger charge is -2.39. The molecule has 0 aromatic rings. The van der Waals surface area contributed by atoms with Crippen LogP contribution in [0.1, 0.15) is 116 Å². The van der Waals surface area contributed by atoms with Gasteiger partial charge in [0.15, 0.2) is 0 Å². The molecule has 0 saturated heterocycles. The van der Waals surface area contributed by atoms with Crippen LogP contribution in [0.3, 0.4) is 0 Å². The lowest BCUT2D eigenvalue weighted by atomic mass is 10.1. The van der Waals surface area contributed by atoms with Crippen LogP contribution in [0.2, 0.25) is 0 Å². The van der Waals surface area contributed by atoms with Crippen molar-refractivity contribution in [1.82, 2.24) is 0 Å². The summed E-state index contributed by atoms with van der Waals surface area (Å²) in [4.78, 5) is 24.3. The van der Waals surface area contributed by atoms with Crippen molar-refractivity contribution in [2.45, 2.75) is 121 Å². The van der Waals surface area contributed by atoms with E-state index >= 15 is 0 Å². The lowest BCUT2D eigenvalue weighted by molar-refractivity contribution is -0.920. The first-order chi connectivity index (χ1) is 18.6. The van der Waals surface area contributed by atoms with E-state index in [4.69, 9.17) is 9.47 Å². The Labute approximate surface area is 238 Å². The largest absolute Gasteiger partial charge is 0.460 e. The quantitative estimate of drug-likeness (QED) is 0.0380. The summed E-state index contributed by atoms with van der Waals surface area (Å²) < 4.78 is 44.7. The molecule has 9 heteroatoms. The van der Waals surface area contributed by atoms with Gasteiger partial charge in [0.05, 0.1) is 7.05 Å². The summed E-state index contributed by atoms with van der Waals surface area (Å²) in [5, 5.41) is -1.10. The molecule has 8 nitrogen and oxygen atoms in total. The van der Waals surface area contributed by atoms with Crippen LogP contribution in [0.25, 0.3) is 0 Å². The predicted molar refractivity (Wildman–Crippen MR) is 158 cm³/mol. The van der Waals surface area contributed by atoms with Gasteiger partial charge in [-0.3, -0.25) is 14.1 Å². The number of rotatable bonds is 27. The number of esters is 2. The van der Waals surface area contributed by atoms with Crippen molar-refractivity contribution < 1.29 is 36.5 Å². The number of hydrogen-bond acceptors (Lipinski definition) is 6. The molecule has 0 aliphatic heterocycles. The van der Waals surface area contributed by atoms with Gasteiger partial charge in [0.2, 0.25) is 5.37 Å². The fourth-order valence-corrected chi connectivity index (χ4v) is 6.06. The topological polar surface area (TPSA) is 107 Å². The van der Waals surface area contributed by atoms with Crippen LogP contribution in [-0.2, 0) is 29.2 Å². The van der Waals surface area contributed by atoms with Gasteiger partial charge >= 0.3 is 22.1 Å². The third-order valence-electron chi connectivity index (χ3n) is 7.20. The maximum Gasteiger partial charge on any atom is 0.319 e. The summed E-state index contributed by atoms with van der Waals surface area (Å²) in [6.07, 6.45) is 19.4. The van der Waals surface area contributed by atoms with Crippen LogP contribution in [0.5, 0.6) is 0 Å². The standard InChI is InChI=1S/C30H55NO7S/c1-5-8-10-12-14-16-18-20-22-29(32)37-26-24-31(4,28(7-3)39(34,35)36)25-27-38-30(33)23-21-19-17-15-13-11-9-6-2/h5-6,28H,1-2,7-27H2,3-4H3/p+1. The van der Waals surface area contributed by atoms with Crippen molar-refractivity contribution in [3.63, 3.8) is 0 Å². The molecule has 0 fully saturated rings. The highest BCUT2D eigenvalue weighted by molar-refractivity contribution is 7.86. The van der Waals surface area contributed by atoms with Crippen LogP contribution in [0.4, 0.5) is 0 Å². The Balaban J connectivity index is 4.47. The first-order valence-corrected chi connectivity index (χ1v) is 16.4. The number of allylic oxidation sites excluding steroid dienone is 2. The molecule has 0 spiro atoms. The molecule has 1 unspecified atom stereocenters. The van der Waals surface area contributed by atoms with E-state index in [0.717, 1.165) is 77.0 Å². The molecule has 0 saturated carbocycles. The van der Waals surface area contributed by atoms with Gasteiger partial charge in [-0.05, 0) is 38.5 Å². The van der Waals surface area contributed by atoms with E-state index in [1.165, 1.54) is 12.8 Å². The van der Waals surface area contributed by atoms with Crippen LogP contribution in [-0.4, -0.2) is 68.1 Å². The van der Waals surface area contributed by atoms with Crippen molar-refractivity contribution in [3.05, 3.63) is 25.3 Å². The zero-order valence-corrected chi connectivity index (χ0v) is 25.6. The fraction of sp³-hybridized carbons (Fsp3) is 0.800. The molecule has 0 radical (unpaired) electrons. The number of carbonyl (C=O) groups is 2. The second kappa shape index (κ2) is 23.0. The van der Waals surface area contributed by atoms with Crippen LogP contribution in [0, 0.1) is 0 Å². The predicted octanol–water partition coefficient (Wildman–Crippen LogP) is 6.76. The second-order valence-corrected chi connectivity index (χ2v) is 12.2. The Kier molecular flexibility index (Phi) is 22.0. The molecule has 0 rings (SSSR count). The van der Waals surface area contributed by atoms with E-state index in [1.54, 1.807) is 14.0 Å². The summed E-state index contributed by atoms with van der Waals surface area (Å²) >= 11 is 0. The van der Waals surface area contributed by atoms with Crippen molar-refractivity contribution in [2.24, 2.45) is 0 Å². The molecule has 0 aliphatic carbocycles. The van der Waals surface area contributed by atoms with Crippen LogP contribution in [0.15, 0.2) is 25.3 Å². The molecule has 0 aromatic heterocycles. The van der Waals surface area contributed by atoms with E-state index in [0.29, 0.717) is 12.8 Å². The fourth-order valence-electron chi connectivity index (χ4n) is 4.78. The number of quaternary nitrogens is 1. The Morgan fingerprint density at radius 2 is 1.10 bits per heavy atom. The smallest absolute Gasteiger partial charge is 0.319 e. The Hall–Kier alpha value is -1.71. The summed E-state index contributed by atoms with van der Waals surface area (Å²) in [5.74, 6) is -0.611. The summed E-state index contributed by atoms with van der Waals surface area (Å²) in [7, 11) is -2.67. The third kappa shape index (κ3) is 19.9. The number of ether oxygens (including phenoxy) is 2. The normalized spacial score (nSPS) is 12.6. The molecular formula is C30H56NO7S+. The van der Waals surface area contributed by atoms with E-state index in [9.17, 15) is 22.6 Å². The number of nitrogens with zero attached hydrogens (tertiary/aromatic N) is 1. The Morgan fingerprint density at radius 3 is 1.44 bits per heavy atom. The summed E-state index contributed by atoms with van der Waals surface area (Å²) in [6, 6.07) is 0. The average Bonchev–Trinajstić information content (AvgIpc) is 2.86. The van der Waals surface area contributed by atoms with Gasteiger partial charge in [-0.15, -0.1) is 13.2 Å². The van der Waals surface area contributed by atoms with Crippen molar-refractivity contribution in [1.29, 1.82) is 0 Å². The van der Waals surface area contributed by atoms with Gasteiger partial charge in [-0.1, -0.05) is 70.4 Å². The molecule has 1 N–H and O–H groups in total. The molecular weight excluding hydrogens is 518 g/mol. The molecule has 0 aliphatic rings.